The average Bonchev–Trinajstić information content (AvgIpc) is 3.09. The van der Waals surface area contributed by atoms with Gasteiger partial charge in [0.2, 0.25) is 15.9 Å². The summed E-state index contributed by atoms with van der Waals surface area (Å²) in [4.78, 5) is 24.1. The first-order chi connectivity index (χ1) is 15.6. The van der Waals surface area contributed by atoms with Crippen LogP contribution in [0.1, 0.15) is 18.9 Å². The standard InChI is InChI=1S/C22H26N4O6S/c1-5-16(21-15-10-18(31-2)19(32-3)11-17(15)25-22(21)28)24-13-6-8-14(9-7-13)26(12-20(23)27)33(4,29)30/h6-11,24H,5,12H2,1-4H3,(H2,23,27)(H,25,28)/b21-16-. The molecule has 2 amide bonds. The van der Waals surface area contributed by atoms with E-state index < -0.39 is 22.5 Å². The van der Waals surface area contributed by atoms with Crippen LogP contribution >= 0.6 is 0 Å². The van der Waals surface area contributed by atoms with Crippen molar-refractivity contribution in [2.45, 2.75) is 13.3 Å². The Kier molecular flexibility index (Phi) is 6.82. The zero-order chi connectivity index (χ0) is 24.3. The van der Waals surface area contributed by atoms with Gasteiger partial charge in [0, 0.05) is 23.0 Å². The second kappa shape index (κ2) is 9.41. The molecule has 0 atom stereocenters. The third-order valence-corrected chi connectivity index (χ3v) is 6.21. The van der Waals surface area contributed by atoms with Gasteiger partial charge in [-0.3, -0.25) is 13.9 Å². The molecule has 2 aromatic carbocycles. The maximum atomic E-state index is 12.8. The van der Waals surface area contributed by atoms with Crippen molar-refractivity contribution in [2.24, 2.45) is 5.73 Å². The molecule has 3 rings (SSSR count). The zero-order valence-electron chi connectivity index (χ0n) is 18.8. The molecule has 0 aromatic heterocycles. The van der Waals surface area contributed by atoms with Crippen molar-refractivity contribution in [1.29, 1.82) is 0 Å². The number of anilines is 3. The molecule has 1 aliphatic rings. The normalized spacial score (nSPS) is 14.2. The van der Waals surface area contributed by atoms with Crippen LogP contribution in [0.2, 0.25) is 0 Å². The predicted molar refractivity (Wildman–Crippen MR) is 127 cm³/mol. The Hall–Kier alpha value is -3.73. The number of carbonyl (C=O) groups excluding carboxylic acids is 2. The summed E-state index contributed by atoms with van der Waals surface area (Å²) in [6, 6.07) is 9.89. The molecule has 0 unspecified atom stereocenters. The highest BCUT2D eigenvalue weighted by atomic mass is 32.2. The second-order valence-corrected chi connectivity index (χ2v) is 9.23. The summed E-state index contributed by atoms with van der Waals surface area (Å²) in [5, 5.41) is 6.08. The van der Waals surface area contributed by atoms with E-state index in [0.29, 0.717) is 51.8 Å². The van der Waals surface area contributed by atoms with Crippen molar-refractivity contribution in [1.82, 2.24) is 0 Å². The van der Waals surface area contributed by atoms with Crippen LogP contribution in [0.15, 0.2) is 42.1 Å². The van der Waals surface area contributed by atoms with E-state index in [-0.39, 0.29) is 5.91 Å². The number of amides is 2. The average molecular weight is 475 g/mol. The number of nitrogens with zero attached hydrogens (tertiary/aromatic N) is 1. The molecule has 0 saturated heterocycles. The largest absolute Gasteiger partial charge is 0.493 e. The third-order valence-electron chi connectivity index (χ3n) is 5.07. The molecule has 1 aliphatic heterocycles. The topological polar surface area (TPSA) is 140 Å². The van der Waals surface area contributed by atoms with Crippen LogP contribution in [-0.4, -0.2) is 47.3 Å². The summed E-state index contributed by atoms with van der Waals surface area (Å²) in [7, 11) is -0.645. The van der Waals surface area contributed by atoms with Gasteiger partial charge in [0.1, 0.15) is 6.54 Å². The molecular weight excluding hydrogens is 448 g/mol. The predicted octanol–water partition coefficient (Wildman–Crippen LogP) is 2.14. The van der Waals surface area contributed by atoms with Crippen molar-refractivity contribution in [3.05, 3.63) is 47.7 Å². The molecule has 0 saturated carbocycles. The van der Waals surface area contributed by atoms with Gasteiger partial charge in [-0.15, -0.1) is 0 Å². The monoisotopic (exact) mass is 474 g/mol. The smallest absolute Gasteiger partial charge is 0.258 e. The van der Waals surface area contributed by atoms with Gasteiger partial charge in [-0.25, -0.2) is 8.42 Å². The Morgan fingerprint density at radius 2 is 1.73 bits per heavy atom. The van der Waals surface area contributed by atoms with E-state index in [0.717, 1.165) is 10.6 Å². The number of carbonyl (C=O) groups is 2. The van der Waals surface area contributed by atoms with Crippen LogP contribution < -0.4 is 30.1 Å². The summed E-state index contributed by atoms with van der Waals surface area (Å²) in [5.74, 6) is -0.0178. The zero-order valence-corrected chi connectivity index (χ0v) is 19.6. The van der Waals surface area contributed by atoms with Gasteiger partial charge in [-0.1, -0.05) is 6.92 Å². The molecule has 0 spiro atoms. The highest BCUT2D eigenvalue weighted by Gasteiger charge is 2.29. The fraction of sp³-hybridized carbons (Fsp3) is 0.273. The Morgan fingerprint density at radius 3 is 2.24 bits per heavy atom. The van der Waals surface area contributed by atoms with Crippen LogP contribution in [0.25, 0.3) is 5.57 Å². The number of nitrogens with two attached hydrogens (primary N) is 1. The van der Waals surface area contributed by atoms with Gasteiger partial charge in [0.15, 0.2) is 11.5 Å². The van der Waals surface area contributed by atoms with Crippen molar-refractivity contribution in [3.63, 3.8) is 0 Å². The van der Waals surface area contributed by atoms with E-state index >= 15 is 0 Å². The summed E-state index contributed by atoms with van der Waals surface area (Å²) in [6.45, 7) is 1.45. The first-order valence-corrected chi connectivity index (χ1v) is 11.9. The minimum absolute atomic E-state index is 0.258. The Morgan fingerprint density at radius 1 is 1.12 bits per heavy atom. The van der Waals surface area contributed by atoms with Crippen molar-refractivity contribution >= 4 is 44.5 Å². The number of hydrogen-bond acceptors (Lipinski definition) is 7. The second-order valence-electron chi connectivity index (χ2n) is 7.32. The van der Waals surface area contributed by atoms with Crippen molar-refractivity contribution in [3.8, 4) is 11.5 Å². The number of allylic oxidation sites excluding steroid dienone is 1. The molecule has 0 fully saturated rings. The molecule has 176 valence electrons. The fourth-order valence-corrected chi connectivity index (χ4v) is 4.42. The summed E-state index contributed by atoms with van der Waals surface area (Å²) in [5.41, 5.74) is 8.57. The summed E-state index contributed by atoms with van der Waals surface area (Å²) >= 11 is 0. The SMILES string of the molecule is CC/C(Nc1ccc(N(CC(N)=O)S(C)(=O)=O)cc1)=C1/C(=O)Nc2cc(OC)c(OC)cc21. The number of rotatable bonds is 9. The quantitative estimate of drug-likeness (QED) is 0.473. The lowest BCUT2D eigenvalue weighted by atomic mass is 10.0. The highest BCUT2D eigenvalue weighted by molar-refractivity contribution is 7.92. The minimum Gasteiger partial charge on any atom is -0.493 e. The lowest BCUT2D eigenvalue weighted by molar-refractivity contribution is -0.116. The number of hydrogen-bond donors (Lipinski definition) is 3. The Bertz CT molecular complexity index is 1220. The van der Waals surface area contributed by atoms with E-state index in [1.807, 2.05) is 6.92 Å². The Labute approximate surface area is 192 Å². The maximum Gasteiger partial charge on any atom is 0.258 e. The Balaban J connectivity index is 1.96. The van der Waals surface area contributed by atoms with Gasteiger partial charge in [-0.05, 0) is 36.8 Å². The number of benzene rings is 2. The van der Waals surface area contributed by atoms with E-state index in [9.17, 15) is 18.0 Å². The first-order valence-electron chi connectivity index (χ1n) is 10.0. The first kappa shape index (κ1) is 23.9. The molecule has 0 bridgehead atoms. The highest BCUT2D eigenvalue weighted by Crippen LogP contribution is 2.42. The number of nitrogens with one attached hydrogen (secondary N) is 2. The third kappa shape index (κ3) is 5.03. The molecule has 11 heteroatoms. The molecule has 1 heterocycles. The van der Waals surface area contributed by atoms with Crippen LogP contribution in [0.5, 0.6) is 11.5 Å². The van der Waals surface area contributed by atoms with Crippen LogP contribution in [0.4, 0.5) is 17.1 Å². The molecular formula is C22H26N4O6S. The lowest BCUT2D eigenvalue weighted by Gasteiger charge is -2.21. The van der Waals surface area contributed by atoms with Gasteiger partial charge in [0.05, 0.1) is 37.4 Å². The van der Waals surface area contributed by atoms with Gasteiger partial charge in [-0.2, -0.15) is 0 Å². The molecule has 2 aromatic rings. The minimum atomic E-state index is -3.69. The van der Waals surface area contributed by atoms with E-state index in [2.05, 4.69) is 10.6 Å². The van der Waals surface area contributed by atoms with E-state index in [1.54, 1.807) is 36.4 Å². The summed E-state index contributed by atoms with van der Waals surface area (Å²) in [6.07, 6.45) is 1.52. The number of primary amides is 1. The molecule has 0 aliphatic carbocycles. The molecule has 0 radical (unpaired) electrons. The molecule has 33 heavy (non-hydrogen) atoms. The van der Waals surface area contributed by atoms with Crippen LogP contribution in [0, 0.1) is 0 Å². The molecule has 4 N–H and O–H groups in total. The van der Waals surface area contributed by atoms with E-state index in [1.165, 1.54) is 14.2 Å². The maximum absolute atomic E-state index is 12.8. The lowest BCUT2D eigenvalue weighted by Crippen LogP contribution is -2.37. The van der Waals surface area contributed by atoms with Crippen LogP contribution in [0.3, 0.4) is 0 Å². The summed E-state index contributed by atoms with van der Waals surface area (Å²) < 4.78 is 35.7. The number of methoxy groups -OCH3 is 2. The van der Waals surface area contributed by atoms with Crippen molar-refractivity contribution in [2.75, 3.05) is 42.0 Å². The van der Waals surface area contributed by atoms with Crippen molar-refractivity contribution < 1.29 is 27.5 Å². The van der Waals surface area contributed by atoms with E-state index in [4.69, 9.17) is 15.2 Å². The number of fused-ring (bicyclic) bond motifs is 1. The van der Waals surface area contributed by atoms with Gasteiger partial charge >= 0.3 is 0 Å². The number of ether oxygens (including phenoxy) is 2. The fourth-order valence-electron chi connectivity index (χ4n) is 3.55. The van der Waals surface area contributed by atoms with Gasteiger partial charge < -0.3 is 25.8 Å². The molecule has 10 nitrogen and oxygen atoms in total. The van der Waals surface area contributed by atoms with Crippen LogP contribution in [-0.2, 0) is 19.6 Å². The number of sulfonamides is 1. The van der Waals surface area contributed by atoms with Gasteiger partial charge in [0.25, 0.3) is 5.91 Å².